The van der Waals surface area contributed by atoms with Crippen LogP contribution in [0.5, 0.6) is 17.2 Å². The number of amides is 1. The van der Waals surface area contributed by atoms with E-state index in [1.807, 2.05) is 36.4 Å². The number of anilines is 1. The molecule has 1 fully saturated rings. The van der Waals surface area contributed by atoms with Gasteiger partial charge in [-0.25, -0.2) is 4.98 Å². The van der Waals surface area contributed by atoms with Crippen LogP contribution in [0.1, 0.15) is 12.0 Å². The number of hydrogen-bond acceptors (Lipinski definition) is 8. The van der Waals surface area contributed by atoms with Crippen molar-refractivity contribution in [2.24, 2.45) is 0 Å². The molecule has 10 heteroatoms. The fourth-order valence-corrected chi connectivity index (χ4v) is 4.97. The van der Waals surface area contributed by atoms with E-state index < -0.39 is 0 Å². The van der Waals surface area contributed by atoms with Crippen molar-refractivity contribution in [2.45, 2.75) is 6.42 Å². The van der Waals surface area contributed by atoms with Gasteiger partial charge in [-0.15, -0.1) is 12.4 Å². The molecule has 0 N–H and O–H groups in total. The van der Waals surface area contributed by atoms with Crippen molar-refractivity contribution in [1.29, 1.82) is 0 Å². The third kappa shape index (κ3) is 6.05. The molecule has 1 amide bonds. The Morgan fingerprint density at radius 3 is 2.83 bits per heavy atom. The number of methoxy groups -OCH3 is 1. The molecule has 1 aromatic heterocycles. The molecule has 0 saturated carbocycles. The maximum Gasteiger partial charge on any atom is 0.252 e. The Kier molecular flexibility index (Phi) is 8.46. The Balaban J connectivity index is 0.00000289. The zero-order valence-electron chi connectivity index (χ0n) is 19.5. The van der Waals surface area contributed by atoms with Gasteiger partial charge >= 0.3 is 0 Å². The summed E-state index contributed by atoms with van der Waals surface area (Å²) in [6.45, 7) is 5.11. The quantitative estimate of drug-likeness (QED) is 0.414. The first-order valence-electron chi connectivity index (χ1n) is 11.3. The maximum atomic E-state index is 13.3. The van der Waals surface area contributed by atoms with Gasteiger partial charge in [0.2, 0.25) is 6.79 Å². The summed E-state index contributed by atoms with van der Waals surface area (Å²) in [7, 11) is 1.64. The third-order valence-corrected chi connectivity index (χ3v) is 6.91. The Labute approximate surface area is 214 Å². The largest absolute Gasteiger partial charge is 0.497 e. The molecule has 0 atom stereocenters. The van der Waals surface area contributed by atoms with Crippen LogP contribution in [0.4, 0.5) is 5.13 Å². The SMILES string of the molecule is COc1ccc2sc(N(CCCN3CCOCC3)C(=O)/C=C/c3ccc4c(c3)OCO4)nc2c1.Cl. The number of fused-ring (bicyclic) bond motifs is 2. The number of rotatable bonds is 8. The smallest absolute Gasteiger partial charge is 0.252 e. The van der Waals surface area contributed by atoms with Gasteiger partial charge in [-0.2, -0.15) is 0 Å². The average Bonchev–Trinajstić information content (AvgIpc) is 3.51. The Hall–Kier alpha value is -2.85. The molecular formula is C25H28ClN3O5S. The molecule has 0 aliphatic carbocycles. The summed E-state index contributed by atoms with van der Waals surface area (Å²) in [5.41, 5.74) is 1.70. The van der Waals surface area contributed by atoms with Crippen LogP contribution in [0.3, 0.4) is 0 Å². The third-order valence-electron chi connectivity index (χ3n) is 5.86. The summed E-state index contributed by atoms with van der Waals surface area (Å²) in [6, 6.07) is 11.4. The molecule has 0 spiro atoms. The minimum absolute atomic E-state index is 0. The lowest BCUT2D eigenvalue weighted by molar-refractivity contribution is -0.114. The number of morpholine rings is 1. The van der Waals surface area contributed by atoms with Gasteiger partial charge < -0.3 is 18.9 Å². The first-order valence-corrected chi connectivity index (χ1v) is 12.2. The highest BCUT2D eigenvalue weighted by atomic mass is 35.5. The zero-order valence-corrected chi connectivity index (χ0v) is 21.1. The van der Waals surface area contributed by atoms with Gasteiger partial charge in [-0.3, -0.25) is 14.6 Å². The average molecular weight is 518 g/mol. The highest BCUT2D eigenvalue weighted by molar-refractivity contribution is 7.22. The predicted octanol–water partition coefficient (Wildman–Crippen LogP) is 4.22. The maximum absolute atomic E-state index is 13.3. The summed E-state index contributed by atoms with van der Waals surface area (Å²) < 4.78 is 22.6. The molecule has 35 heavy (non-hydrogen) atoms. The fourth-order valence-electron chi connectivity index (χ4n) is 3.99. The number of benzene rings is 2. The van der Waals surface area contributed by atoms with Crippen LogP contribution < -0.4 is 19.1 Å². The summed E-state index contributed by atoms with van der Waals surface area (Å²) in [6.07, 6.45) is 4.25. The molecule has 186 valence electrons. The van der Waals surface area contributed by atoms with E-state index in [9.17, 15) is 4.79 Å². The Bertz CT molecular complexity index is 1200. The number of thiazole rings is 1. The van der Waals surface area contributed by atoms with E-state index in [-0.39, 0.29) is 25.1 Å². The summed E-state index contributed by atoms with van der Waals surface area (Å²) in [4.78, 5) is 22.2. The number of aromatic nitrogens is 1. The molecule has 2 aromatic carbocycles. The number of nitrogens with zero attached hydrogens (tertiary/aromatic N) is 3. The van der Waals surface area contributed by atoms with Crippen LogP contribution in [0.25, 0.3) is 16.3 Å². The standard InChI is InChI=1S/C25H27N3O5S.ClH/c1-30-19-5-7-23-20(16-19)26-25(34-23)28(10-2-9-27-11-13-31-14-12-27)24(29)8-4-18-3-6-21-22(15-18)33-17-32-21;/h3-8,15-16H,2,9-14,17H2,1H3;1H/b8-4+;. The minimum Gasteiger partial charge on any atom is -0.497 e. The first kappa shape index (κ1) is 25.2. The van der Waals surface area contributed by atoms with E-state index in [2.05, 4.69) is 4.90 Å². The molecule has 1 saturated heterocycles. The van der Waals surface area contributed by atoms with Gasteiger partial charge in [-0.05, 0) is 42.3 Å². The van der Waals surface area contributed by atoms with Crippen LogP contribution in [0.15, 0.2) is 42.5 Å². The molecule has 3 heterocycles. The van der Waals surface area contributed by atoms with E-state index in [1.165, 1.54) is 11.3 Å². The van der Waals surface area contributed by atoms with Crippen molar-refractivity contribution in [1.82, 2.24) is 9.88 Å². The molecular weight excluding hydrogens is 490 g/mol. The normalized spacial score (nSPS) is 15.3. The molecule has 0 unspecified atom stereocenters. The lowest BCUT2D eigenvalue weighted by atomic mass is 10.2. The number of carbonyl (C=O) groups excluding carboxylic acids is 1. The van der Waals surface area contributed by atoms with Crippen LogP contribution in [0.2, 0.25) is 0 Å². The zero-order chi connectivity index (χ0) is 23.3. The van der Waals surface area contributed by atoms with Crippen molar-refractivity contribution < 1.29 is 23.7 Å². The van der Waals surface area contributed by atoms with Gasteiger partial charge in [-0.1, -0.05) is 17.4 Å². The van der Waals surface area contributed by atoms with Crippen molar-refractivity contribution in [2.75, 3.05) is 58.2 Å². The molecule has 0 bridgehead atoms. The second kappa shape index (κ2) is 11.7. The van der Waals surface area contributed by atoms with E-state index in [0.29, 0.717) is 17.4 Å². The molecule has 8 nitrogen and oxygen atoms in total. The molecule has 2 aliphatic heterocycles. The lowest BCUT2D eigenvalue weighted by Crippen LogP contribution is -2.39. The van der Waals surface area contributed by atoms with Crippen molar-refractivity contribution in [3.63, 3.8) is 0 Å². The topological polar surface area (TPSA) is 73.4 Å². The lowest BCUT2D eigenvalue weighted by Gasteiger charge is -2.27. The Morgan fingerprint density at radius 1 is 1.17 bits per heavy atom. The van der Waals surface area contributed by atoms with Crippen LogP contribution in [-0.4, -0.2) is 69.1 Å². The molecule has 5 rings (SSSR count). The van der Waals surface area contributed by atoms with E-state index in [4.69, 9.17) is 23.9 Å². The van der Waals surface area contributed by atoms with Gasteiger partial charge in [0.1, 0.15) is 5.75 Å². The summed E-state index contributed by atoms with van der Waals surface area (Å²) >= 11 is 1.51. The number of carbonyl (C=O) groups is 1. The van der Waals surface area contributed by atoms with Crippen molar-refractivity contribution in [3.05, 3.63) is 48.0 Å². The number of hydrogen-bond donors (Lipinski definition) is 0. The molecule has 3 aromatic rings. The Morgan fingerprint density at radius 2 is 2.00 bits per heavy atom. The molecule has 2 aliphatic rings. The van der Waals surface area contributed by atoms with E-state index >= 15 is 0 Å². The monoisotopic (exact) mass is 517 g/mol. The highest BCUT2D eigenvalue weighted by Crippen LogP contribution is 2.33. The van der Waals surface area contributed by atoms with Crippen molar-refractivity contribution in [3.8, 4) is 17.2 Å². The second-order valence-electron chi connectivity index (χ2n) is 8.07. The minimum atomic E-state index is -0.106. The van der Waals surface area contributed by atoms with Gasteiger partial charge in [0.05, 0.1) is 30.5 Å². The predicted molar refractivity (Wildman–Crippen MR) is 139 cm³/mol. The van der Waals surface area contributed by atoms with E-state index in [1.54, 1.807) is 24.2 Å². The van der Waals surface area contributed by atoms with Gasteiger partial charge in [0.15, 0.2) is 16.6 Å². The van der Waals surface area contributed by atoms with E-state index in [0.717, 1.165) is 66.5 Å². The highest BCUT2D eigenvalue weighted by Gasteiger charge is 2.19. The van der Waals surface area contributed by atoms with Crippen LogP contribution >= 0.6 is 23.7 Å². The van der Waals surface area contributed by atoms with Crippen molar-refractivity contribution >= 4 is 51.1 Å². The fraction of sp³-hybridized carbons (Fsp3) is 0.360. The summed E-state index contributed by atoms with van der Waals surface area (Å²) in [5.74, 6) is 2.05. The number of ether oxygens (including phenoxy) is 4. The van der Waals surface area contributed by atoms with Crippen LogP contribution in [0, 0.1) is 0 Å². The van der Waals surface area contributed by atoms with Crippen LogP contribution in [-0.2, 0) is 9.53 Å². The van der Waals surface area contributed by atoms with Gasteiger partial charge in [0.25, 0.3) is 5.91 Å². The number of halogens is 1. The molecule has 0 radical (unpaired) electrons. The summed E-state index contributed by atoms with van der Waals surface area (Å²) in [5, 5.41) is 0.686. The van der Waals surface area contributed by atoms with Gasteiger partial charge in [0, 0.05) is 38.3 Å². The first-order chi connectivity index (χ1) is 16.7. The second-order valence-corrected chi connectivity index (χ2v) is 9.08.